The van der Waals surface area contributed by atoms with Crippen molar-refractivity contribution < 1.29 is 4.74 Å². The highest BCUT2D eigenvalue weighted by atomic mass is 16.5. The lowest BCUT2D eigenvalue weighted by Gasteiger charge is -2.39. The summed E-state index contributed by atoms with van der Waals surface area (Å²) in [5.41, 5.74) is 20.9. The molecule has 2 heteroatoms. The molecule has 0 saturated heterocycles. The molecule has 0 N–H and O–H groups in total. The Morgan fingerprint density at radius 1 is 0.351 bits per heavy atom. The first-order valence-corrected chi connectivity index (χ1v) is 20.2. The van der Waals surface area contributed by atoms with E-state index in [2.05, 4.69) is 209 Å². The number of anilines is 3. The van der Waals surface area contributed by atoms with Gasteiger partial charge in [0.25, 0.3) is 0 Å². The van der Waals surface area contributed by atoms with Gasteiger partial charge in [0.05, 0.1) is 11.1 Å². The van der Waals surface area contributed by atoms with Crippen LogP contribution in [0.15, 0.2) is 176 Å². The maximum Gasteiger partial charge on any atom is 0.132 e. The van der Waals surface area contributed by atoms with Gasteiger partial charge in [0.1, 0.15) is 11.5 Å². The highest BCUT2D eigenvalue weighted by molar-refractivity contribution is 5.99. The number of benzene rings is 8. The van der Waals surface area contributed by atoms with E-state index < -0.39 is 5.41 Å². The minimum absolute atomic E-state index is 0.139. The SMILES string of the molecule is CC1(C)c2ccccc2-c2ccc(N(c3ccc4c(c3)C(C)(C)c3ccccc3-4)c3cccc4c3-c3ccccc3C43c4ccccc4Oc4ccccc43)cc21. The average Bonchev–Trinajstić information content (AvgIpc) is 3.76. The molecule has 1 heterocycles. The summed E-state index contributed by atoms with van der Waals surface area (Å²) in [7, 11) is 0. The Hall–Kier alpha value is -6.64. The first kappa shape index (κ1) is 32.6. The van der Waals surface area contributed by atoms with E-state index in [9.17, 15) is 0 Å². The number of para-hydroxylation sites is 2. The summed E-state index contributed by atoms with van der Waals surface area (Å²) in [6.45, 7) is 9.50. The van der Waals surface area contributed by atoms with Crippen molar-refractivity contribution in [1.82, 2.24) is 0 Å². The van der Waals surface area contributed by atoms with Crippen molar-refractivity contribution in [1.29, 1.82) is 0 Å². The minimum Gasteiger partial charge on any atom is -0.457 e. The molecular formula is C55H41NO. The standard InChI is InChI=1S/C55H41NO/c1-53(2)41-19-8-5-16-36(41)38-30-28-34(32-47(38)53)56(35-29-31-39-37-17-6-9-20-42(37)54(3,4)48(39)33-35)49-25-15-24-46-52(49)40-18-7-10-21-43(40)55(46)44-22-11-13-26-50(44)57-51-27-14-12-23-45(51)55/h5-33H,1-4H3. The Kier molecular flexibility index (Phi) is 6.42. The van der Waals surface area contributed by atoms with Crippen molar-refractivity contribution in [2.45, 2.75) is 43.9 Å². The van der Waals surface area contributed by atoms with Crippen LogP contribution in [0.4, 0.5) is 17.1 Å². The molecule has 1 aliphatic heterocycles. The third-order valence-electron chi connectivity index (χ3n) is 13.7. The van der Waals surface area contributed by atoms with Crippen LogP contribution in [0.3, 0.4) is 0 Å². The summed E-state index contributed by atoms with van der Waals surface area (Å²) in [5, 5.41) is 0. The molecule has 12 rings (SSSR count). The van der Waals surface area contributed by atoms with E-state index in [4.69, 9.17) is 4.74 Å². The molecule has 0 atom stereocenters. The number of rotatable bonds is 3. The zero-order valence-corrected chi connectivity index (χ0v) is 32.6. The van der Waals surface area contributed by atoms with Crippen LogP contribution in [0.25, 0.3) is 33.4 Å². The fourth-order valence-corrected chi connectivity index (χ4v) is 11.2. The Morgan fingerprint density at radius 3 is 1.32 bits per heavy atom. The molecule has 3 aliphatic carbocycles. The van der Waals surface area contributed by atoms with Crippen LogP contribution in [0.5, 0.6) is 11.5 Å². The van der Waals surface area contributed by atoms with Crippen LogP contribution in [-0.4, -0.2) is 0 Å². The molecule has 272 valence electrons. The van der Waals surface area contributed by atoms with Gasteiger partial charge in [0, 0.05) is 38.9 Å². The normalized spacial score (nSPS) is 15.9. The quantitative estimate of drug-likeness (QED) is 0.179. The molecule has 0 bridgehead atoms. The molecule has 0 unspecified atom stereocenters. The topological polar surface area (TPSA) is 12.5 Å². The fourth-order valence-electron chi connectivity index (χ4n) is 11.2. The average molecular weight is 732 g/mol. The van der Waals surface area contributed by atoms with E-state index in [-0.39, 0.29) is 10.8 Å². The Bertz CT molecular complexity index is 2870. The zero-order chi connectivity index (χ0) is 38.3. The number of hydrogen-bond donors (Lipinski definition) is 0. The van der Waals surface area contributed by atoms with Crippen molar-refractivity contribution in [3.05, 3.63) is 220 Å². The number of ether oxygens (including phenoxy) is 1. The Balaban J connectivity index is 1.16. The summed E-state index contributed by atoms with van der Waals surface area (Å²) in [6.07, 6.45) is 0. The van der Waals surface area contributed by atoms with Gasteiger partial charge in [-0.2, -0.15) is 0 Å². The lowest BCUT2D eigenvalue weighted by molar-refractivity contribution is 0.436. The second-order valence-corrected chi connectivity index (χ2v) is 17.2. The van der Waals surface area contributed by atoms with Crippen LogP contribution >= 0.6 is 0 Å². The van der Waals surface area contributed by atoms with Gasteiger partial charge in [-0.1, -0.05) is 161 Å². The number of hydrogen-bond acceptors (Lipinski definition) is 2. The zero-order valence-electron chi connectivity index (χ0n) is 32.6. The van der Waals surface area contributed by atoms with E-state index in [0.29, 0.717) is 0 Å². The molecule has 0 fully saturated rings. The second kappa shape index (κ2) is 11.2. The van der Waals surface area contributed by atoms with Gasteiger partial charge in [-0.25, -0.2) is 0 Å². The van der Waals surface area contributed by atoms with Gasteiger partial charge in [0.2, 0.25) is 0 Å². The van der Waals surface area contributed by atoms with Crippen LogP contribution in [-0.2, 0) is 16.2 Å². The summed E-state index contributed by atoms with van der Waals surface area (Å²) in [4.78, 5) is 2.55. The van der Waals surface area contributed by atoms with E-state index in [0.717, 1.165) is 22.9 Å². The van der Waals surface area contributed by atoms with Crippen LogP contribution in [0.2, 0.25) is 0 Å². The molecule has 0 radical (unpaired) electrons. The van der Waals surface area contributed by atoms with Crippen LogP contribution in [0.1, 0.15) is 72.2 Å². The summed E-state index contributed by atoms with van der Waals surface area (Å²) in [5.74, 6) is 1.81. The van der Waals surface area contributed by atoms with Gasteiger partial charge >= 0.3 is 0 Å². The Labute approximate surface area is 334 Å². The van der Waals surface area contributed by atoms with E-state index in [1.54, 1.807) is 0 Å². The third kappa shape index (κ3) is 4.10. The highest BCUT2D eigenvalue weighted by Gasteiger charge is 2.52. The fraction of sp³-hybridized carbons (Fsp3) is 0.127. The van der Waals surface area contributed by atoms with Gasteiger partial charge in [-0.15, -0.1) is 0 Å². The largest absolute Gasteiger partial charge is 0.457 e. The monoisotopic (exact) mass is 731 g/mol. The van der Waals surface area contributed by atoms with Crippen molar-refractivity contribution in [2.75, 3.05) is 4.90 Å². The molecule has 8 aromatic rings. The first-order chi connectivity index (χ1) is 27.8. The second-order valence-electron chi connectivity index (χ2n) is 17.2. The summed E-state index contributed by atoms with van der Waals surface area (Å²) >= 11 is 0. The van der Waals surface area contributed by atoms with Crippen molar-refractivity contribution in [2.24, 2.45) is 0 Å². The van der Waals surface area contributed by atoms with E-state index in [1.807, 2.05) is 0 Å². The van der Waals surface area contributed by atoms with Gasteiger partial charge in [-0.3, -0.25) is 0 Å². The number of fused-ring (bicyclic) bond motifs is 15. The van der Waals surface area contributed by atoms with Crippen LogP contribution < -0.4 is 9.64 Å². The van der Waals surface area contributed by atoms with Crippen molar-refractivity contribution >= 4 is 17.1 Å². The molecular weight excluding hydrogens is 691 g/mol. The molecule has 0 saturated carbocycles. The van der Waals surface area contributed by atoms with Gasteiger partial charge < -0.3 is 9.64 Å². The first-order valence-electron chi connectivity index (χ1n) is 20.2. The molecule has 2 nitrogen and oxygen atoms in total. The maximum atomic E-state index is 6.68. The molecule has 57 heavy (non-hydrogen) atoms. The lowest BCUT2D eigenvalue weighted by atomic mass is 9.66. The minimum atomic E-state index is -0.553. The maximum absolute atomic E-state index is 6.68. The molecule has 0 aromatic heterocycles. The van der Waals surface area contributed by atoms with Gasteiger partial charge in [0.15, 0.2) is 0 Å². The summed E-state index contributed by atoms with van der Waals surface area (Å²) in [6, 6.07) is 65.5. The Morgan fingerprint density at radius 2 is 0.772 bits per heavy atom. The van der Waals surface area contributed by atoms with Gasteiger partial charge in [-0.05, 0) is 104 Å². The summed E-state index contributed by atoms with van der Waals surface area (Å²) < 4.78 is 6.68. The lowest BCUT2D eigenvalue weighted by Crippen LogP contribution is -2.32. The van der Waals surface area contributed by atoms with Crippen LogP contribution in [0, 0.1) is 0 Å². The third-order valence-corrected chi connectivity index (χ3v) is 13.7. The predicted octanol–water partition coefficient (Wildman–Crippen LogP) is 14.2. The highest BCUT2D eigenvalue weighted by Crippen LogP contribution is 2.64. The predicted molar refractivity (Wildman–Crippen MR) is 234 cm³/mol. The number of nitrogens with zero attached hydrogens (tertiary/aromatic N) is 1. The molecule has 1 spiro atoms. The van der Waals surface area contributed by atoms with E-state index in [1.165, 1.54) is 83.6 Å². The molecule has 4 aliphatic rings. The van der Waals surface area contributed by atoms with Crippen molar-refractivity contribution in [3.63, 3.8) is 0 Å². The molecule has 0 amide bonds. The molecule has 8 aromatic carbocycles. The van der Waals surface area contributed by atoms with E-state index >= 15 is 0 Å². The smallest absolute Gasteiger partial charge is 0.132 e. The van der Waals surface area contributed by atoms with Crippen molar-refractivity contribution in [3.8, 4) is 44.9 Å².